The zero-order chi connectivity index (χ0) is 30.6. The molecule has 158 valence electrons. The summed E-state index contributed by atoms with van der Waals surface area (Å²) >= 11 is 0. The Morgan fingerprint density at radius 2 is 2.23 bits per heavy atom. The molecule has 1 aromatic heterocycles. The molecule has 2 atom stereocenters. The van der Waals surface area contributed by atoms with Crippen LogP contribution in [0.4, 0.5) is 8.78 Å². The van der Waals surface area contributed by atoms with Crippen LogP contribution >= 0.6 is 0 Å². The maximum absolute atomic E-state index is 14.2. The molecule has 2 N–H and O–H groups in total. The van der Waals surface area contributed by atoms with Gasteiger partial charge in [0.2, 0.25) is 5.43 Å². The molecule has 1 fully saturated rings. The van der Waals surface area contributed by atoms with Crippen molar-refractivity contribution in [2.24, 2.45) is 0 Å². The monoisotopic (exact) mass is 429 g/mol. The van der Waals surface area contributed by atoms with Gasteiger partial charge in [0, 0.05) is 33.1 Å². The maximum atomic E-state index is 14.2. The SMILES string of the molecule is [2H]C([2H])(NC(=O)c1cn2c(c(O)c1=O)C(=O)N1[C@]([2H])(C)C([2H])([2H])C([2H])([2H])O[C@@]1([2H])C2([2H])[2H])c1ccc(F)cc1F. The minimum atomic E-state index is -3.55. The van der Waals surface area contributed by atoms with E-state index in [2.05, 4.69) is 0 Å². The summed E-state index contributed by atoms with van der Waals surface area (Å²) in [6.07, 6.45) is -6.63. The number of carbonyl (C=O) groups excluding carboxylic acids is 2. The molecule has 2 aliphatic rings. The highest BCUT2D eigenvalue weighted by Crippen LogP contribution is 2.29. The van der Waals surface area contributed by atoms with Crippen molar-refractivity contribution >= 4 is 11.8 Å². The van der Waals surface area contributed by atoms with E-state index >= 15 is 0 Å². The molecule has 3 heterocycles. The number of pyridine rings is 1. The number of rotatable bonds is 3. The van der Waals surface area contributed by atoms with Crippen LogP contribution < -0.4 is 10.7 Å². The number of carbonyl (C=O) groups is 2. The molecule has 8 nitrogen and oxygen atoms in total. The van der Waals surface area contributed by atoms with Gasteiger partial charge in [-0.2, -0.15) is 0 Å². The van der Waals surface area contributed by atoms with Gasteiger partial charge in [0.1, 0.15) is 17.2 Å². The Morgan fingerprint density at radius 1 is 1.47 bits per heavy atom. The number of nitrogens with zero attached hydrogens (tertiary/aromatic N) is 2. The molecule has 0 unspecified atom stereocenters. The normalized spacial score (nSPS) is 35.8. The summed E-state index contributed by atoms with van der Waals surface area (Å²) in [5.41, 5.74) is -4.99. The van der Waals surface area contributed by atoms with Gasteiger partial charge in [0.05, 0.1) is 24.0 Å². The molecule has 0 spiro atoms. The van der Waals surface area contributed by atoms with Crippen molar-refractivity contribution in [3.8, 4) is 5.75 Å². The number of hydrogen-bond acceptors (Lipinski definition) is 5. The molecule has 0 radical (unpaired) electrons. The predicted molar refractivity (Wildman–Crippen MR) is 99.9 cm³/mol. The smallest absolute Gasteiger partial charge is 0.276 e. The zero-order valence-corrected chi connectivity index (χ0v) is 15.0. The number of benzene rings is 1. The van der Waals surface area contributed by atoms with Gasteiger partial charge >= 0.3 is 0 Å². The lowest BCUT2D eigenvalue weighted by Crippen LogP contribution is -2.57. The minimum Gasteiger partial charge on any atom is -0.503 e. The van der Waals surface area contributed by atoms with Crippen LogP contribution in [0.1, 0.15) is 53.4 Å². The fourth-order valence-electron chi connectivity index (χ4n) is 2.77. The number of aromatic nitrogens is 1. The third kappa shape index (κ3) is 3.32. The van der Waals surface area contributed by atoms with Crippen LogP contribution in [-0.2, 0) is 17.7 Å². The van der Waals surface area contributed by atoms with E-state index in [1.54, 1.807) is 5.32 Å². The Labute approximate surface area is 183 Å². The van der Waals surface area contributed by atoms with Crippen LogP contribution in [0.25, 0.3) is 0 Å². The van der Waals surface area contributed by atoms with Crippen LogP contribution in [0.3, 0.4) is 0 Å². The average Bonchev–Trinajstić information content (AvgIpc) is 2.77. The Bertz CT molecular complexity index is 1530. The first-order valence-electron chi connectivity index (χ1n) is 13.3. The van der Waals surface area contributed by atoms with E-state index in [0.717, 1.165) is 0 Å². The molecular weight excluding hydrogens is 400 g/mol. The van der Waals surface area contributed by atoms with Gasteiger partial charge in [-0.3, -0.25) is 14.4 Å². The van der Waals surface area contributed by atoms with Crippen molar-refractivity contribution < 1.29 is 41.9 Å². The standard InChI is InChI=1S/C20H19F2N3O5/c1-10-4-5-30-15-9-24-8-13(17(26)18(27)16(24)20(29)25(10)15)19(28)23-7-11-2-3-12(21)6-14(11)22/h2-3,6,8,10,15,27H,4-5,7,9H2,1H3,(H,23,28)/t10-,15+/m1/s1/i4D2,5D2,7D2,9D2,10D,15D. The maximum Gasteiger partial charge on any atom is 0.276 e. The molecule has 0 saturated carbocycles. The van der Waals surface area contributed by atoms with E-state index in [1.165, 1.54) is 0 Å². The first kappa shape index (κ1) is 11.2. The van der Waals surface area contributed by atoms with Gasteiger partial charge in [-0.25, -0.2) is 8.78 Å². The van der Waals surface area contributed by atoms with Gasteiger partial charge in [-0.1, -0.05) is 6.07 Å². The minimum absolute atomic E-state index is 0.0750. The summed E-state index contributed by atoms with van der Waals surface area (Å²) in [5.74, 6) is -7.45. The van der Waals surface area contributed by atoms with Crippen LogP contribution in [0.2, 0.25) is 0 Å². The topological polar surface area (TPSA) is 101 Å². The number of amides is 2. The Kier molecular flexibility index (Phi) is 2.81. The van der Waals surface area contributed by atoms with Crippen molar-refractivity contribution in [2.75, 3.05) is 6.56 Å². The molecule has 10 heteroatoms. The number of ether oxygens (including phenoxy) is 1. The molecule has 0 bridgehead atoms. The van der Waals surface area contributed by atoms with Crippen LogP contribution in [-0.4, -0.2) is 45.2 Å². The van der Waals surface area contributed by atoms with Gasteiger partial charge in [0.15, 0.2) is 17.6 Å². The van der Waals surface area contributed by atoms with E-state index in [-0.39, 0.29) is 9.47 Å². The first-order chi connectivity index (χ1) is 18.0. The van der Waals surface area contributed by atoms with Crippen molar-refractivity contribution in [1.82, 2.24) is 14.8 Å². The highest BCUT2D eigenvalue weighted by Gasteiger charge is 2.41. The lowest BCUT2D eigenvalue weighted by Gasteiger charge is -2.44. The number of halogens is 2. The van der Waals surface area contributed by atoms with Crippen molar-refractivity contribution in [1.29, 1.82) is 0 Å². The molecule has 1 aromatic carbocycles. The molecular formula is C20H19F2N3O5. The molecule has 30 heavy (non-hydrogen) atoms. The number of fused-ring (bicyclic) bond motifs is 2. The fourth-order valence-corrected chi connectivity index (χ4v) is 2.77. The Morgan fingerprint density at radius 3 is 2.97 bits per heavy atom. The second-order valence-electron chi connectivity index (χ2n) is 6.11. The number of aromatic hydroxyl groups is 1. The molecule has 2 amide bonds. The van der Waals surface area contributed by atoms with Crippen molar-refractivity contribution in [3.63, 3.8) is 0 Å². The Balaban J connectivity index is 1.89. The average molecular weight is 429 g/mol. The van der Waals surface area contributed by atoms with Crippen molar-refractivity contribution in [2.45, 2.75) is 38.5 Å². The number of nitrogens with one attached hydrogen (secondary N) is 1. The molecule has 2 aromatic rings. The summed E-state index contributed by atoms with van der Waals surface area (Å²) in [6, 6.07) is -1.38. The second kappa shape index (κ2) is 7.52. The van der Waals surface area contributed by atoms with Gasteiger partial charge in [-0.05, 0) is 19.4 Å². The third-order valence-corrected chi connectivity index (χ3v) is 4.21. The van der Waals surface area contributed by atoms with E-state index in [9.17, 15) is 28.3 Å². The van der Waals surface area contributed by atoms with E-state index in [4.69, 9.17) is 18.4 Å². The van der Waals surface area contributed by atoms with Gasteiger partial charge < -0.3 is 24.6 Å². The van der Waals surface area contributed by atoms with E-state index < -0.39 is 89.6 Å². The zero-order valence-electron chi connectivity index (χ0n) is 25.0. The third-order valence-electron chi connectivity index (χ3n) is 4.21. The highest BCUT2D eigenvalue weighted by molar-refractivity contribution is 5.99. The molecule has 1 saturated heterocycles. The highest BCUT2D eigenvalue weighted by atomic mass is 19.1. The summed E-state index contributed by atoms with van der Waals surface area (Å²) in [5, 5.41) is 12.2. The summed E-state index contributed by atoms with van der Waals surface area (Å²) in [7, 11) is 0. The second-order valence-corrected chi connectivity index (χ2v) is 6.11. The van der Waals surface area contributed by atoms with E-state index in [0.29, 0.717) is 31.3 Å². The molecule has 2 aliphatic heterocycles. The van der Waals surface area contributed by atoms with Gasteiger partial charge in [-0.15, -0.1) is 0 Å². The lowest BCUT2D eigenvalue weighted by atomic mass is 10.1. The number of hydrogen-bond donors (Lipinski definition) is 2. The Hall–Kier alpha value is -3.27. The quantitative estimate of drug-likeness (QED) is 0.767. The van der Waals surface area contributed by atoms with Gasteiger partial charge in [0.25, 0.3) is 11.8 Å². The summed E-state index contributed by atoms with van der Waals surface area (Å²) < 4.78 is 114. The van der Waals surface area contributed by atoms with Crippen LogP contribution in [0, 0.1) is 11.6 Å². The largest absolute Gasteiger partial charge is 0.503 e. The fraction of sp³-hybridized carbons (Fsp3) is 0.350. The molecule has 4 rings (SSSR count). The predicted octanol–water partition coefficient (Wildman–Crippen LogP) is 1.35. The van der Waals surface area contributed by atoms with Crippen LogP contribution in [0.5, 0.6) is 5.75 Å². The summed E-state index contributed by atoms with van der Waals surface area (Å²) in [6.45, 7) is -9.51. The van der Waals surface area contributed by atoms with Crippen molar-refractivity contribution in [3.05, 3.63) is 63.1 Å². The lowest BCUT2D eigenvalue weighted by molar-refractivity contribution is -0.112. The van der Waals surface area contributed by atoms with E-state index in [1.807, 2.05) is 0 Å². The van der Waals surface area contributed by atoms with Crippen LogP contribution in [0.15, 0.2) is 29.2 Å². The first-order valence-corrected chi connectivity index (χ1v) is 8.28. The summed E-state index contributed by atoms with van der Waals surface area (Å²) in [4.78, 5) is 39.1. The molecule has 0 aliphatic carbocycles.